The molecule has 100 valence electrons. The zero-order valence-electron chi connectivity index (χ0n) is 9.84. The van der Waals surface area contributed by atoms with Gasteiger partial charge in [0.25, 0.3) is 0 Å². The van der Waals surface area contributed by atoms with E-state index in [0.717, 1.165) is 0 Å². The fourth-order valence-electron chi connectivity index (χ4n) is 1.49. The van der Waals surface area contributed by atoms with Crippen molar-refractivity contribution >= 4 is 39.8 Å². The Morgan fingerprint density at radius 2 is 2.11 bits per heavy atom. The Labute approximate surface area is 122 Å². The van der Waals surface area contributed by atoms with Crippen LogP contribution in [0.1, 0.15) is 10.4 Å². The first-order chi connectivity index (χ1) is 8.99. The van der Waals surface area contributed by atoms with E-state index in [-0.39, 0.29) is 17.5 Å². The van der Waals surface area contributed by atoms with E-state index >= 15 is 0 Å². The van der Waals surface area contributed by atoms with Gasteiger partial charge in [-0.15, -0.1) is 10.2 Å². The lowest BCUT2D eigenvalue weighted by atomic mass is 10.1. The SMILES string of the molecule is C[S@@](=O)c1nncn1CC(=O)c1ccc(Cl)c(Cl)c1. The molecule has 1 aromatic heterocycles. The largest absolute Gasteiger partial charge is 0.299 e. The molecule has 0 unspecified atom stereocenters. The quantitative estimate of drug-likeness (QED) is 0.811. The first-order valence-corrected chi connectivity index (χ1v) is 7.50. The normalized spacial score (nSPS) is 12.4. The minimum absolute atomic E-state index is 0.000124. The minimum atomic E-state index is -1.30. The standard InChI is InChI=1S/C11H9Cl2N3O2S/c1-19(18)11-15-14-6-16(11)5-10(17)7-2-3-8(12)9(13)4-7/h2-4,6H,5H2,1H3/t19-/m1/s1. The molecule has 1 atom stereocenters. The average molecular weight is 318 g/mol. The highest BCUT2D eigenvalue weighted by Gasteiger charge is 2.13. The number of nitrogens with zero attached hydrogens (tertiary/aromatic N) is 3. The van der Waals surface area contributed by atoms with Gasteiger partial charge in [-0.2, -0.15) is 0 Å². The monoisotopic (exact) mass is 317 g/mol. The van der Waals surface area contributed by atoms with Gasteiger partial charge < -0.3 is 0 Å². The lowest BCUT2D eigenvalue weighted by Gasteiger charge is -2.05. The maximum absolute atomic E-state index is 12.1. The van der Waals surface area contributed by atoms with E-state index in [2.05, 4.69) is 10.2 Å². The van der Waals surface area contributed by atoms with Crippen LogP contribution in [0.3, 0.4) is 0 Å². The second kappa shape index (κ2) is 5.81. The summed E-state index contributed by atoms with van der Waals surface area (Å²) < 4.78 is 12.8. The van der Waals surface area contributed by atoms with Crippen molar-refractivity contribution in [3.63, 3.8) is 0 Å². The van der Waals surface area contributed by atoms with Gasteiger partial charge in [-0.3, -0.25) is 13.6 Å². The minimum Gasteiger partial charge on any atom is -0.299 e. The van der Waals surface area contributed by atoms with Gasteiger partial charge in [0.1, 0.15) is 6.33 Å². The molecule has 0 fully saturated rings. The lowest BCUT2D eigenvalue weighted by Crippen LogP contribution is -2.13. The van der Waals surface area contributed by atoms with Crippen molar-refractivity contribution < 1.29 is 9.00 Å². The van der Waals surface area contributed by atoms with Gasteiger partial charge >= 0.3 is 0 Å². The summed E-state index contributed by atoms with van der Waals surface area (Å²) in [5.41, 5.74) is 0.427. The van der Waals surface area contributed by atoms with E-state index in [1.807, 2.05) is 0 Å². The van der Waals surface area contributed by atoms with Gasteiger partial charge in [0.15, 0.2) is 5.78 Å². The third kappa shape index (κ3) is 3.20. The number of rotatable bonds is 4. The van der Waals surface area contributed by atoms with Gasteiger partial charge in [0.2, 0.25) is 5.16 Å². The molecule has 5 nitrogen and oxygen atoms in total. The van der Waals surface area contributed by atoms with E-state index in [4.69, 9.17) is 23.2 Å². The molecule has 0 saturated heterocycles. The molecule has 0 spiro atoms. The number of carbonyl (C=O) groups excluding carboxylic acids is 1. The van der Waals surface area contributed by atoms with Crippen LogP contribution in [-0.4, -0.2) is 31.0 Å². The summed E-state index contributed by atoms with van der Waals surface area (Å²) in [7, 11) is -1.30. The number of aromatic nitrogens is 3. The molecule has 1 aromatic carbocycles. The maximum Gasteiger partial charge on any atom is 0.221 e. The molecule has 0 amide bonds. The number of hydrogen-bond acceptors (Lipinski definition) is 4. The second-order valence-corrected chi connectivity index (χ2v) is 5.84. The number of Topliss-reactive ketones (excluding diaryl/α,β-unsaturated/α-hetero) is 1. The van der Waals surface area contributed by atoms with Crippen LogP contribution in [0.5, 0.6) is 0 Å². The Morgan fingerprint density at radius 3 is 2.74 bits per heavy atom. The molecule has 1 heterocycles. The van der Waals surface area contributed by atoms with Crippen molar-refractivity contribution in [1.29, 1.82) is 0 Å². The summed E-state index contributed by atoms with van der Waals surface area (Å²) in [4.78, 5) is 12.1. The number of halogens is 2. The zero-order valence-corrected chi connectivity index (χ0v) is 12.2. The predicted octanol–water partition coefficient (Wildman–Crippen LogP) is 2.21. The van der Waals surface area contributed by atoms with Crippen LogP contribution in [0.15, 0.2) is 29.7 Å². The molecule has 0 bridgehead atoms. The molecular weight excluding hydrogens is 309 g/mol. The predicted molar refractivity (Wildman–Crippen MR) is 73.1 cm³/mol. The average Bonchev–Trinajstić information content (AvgIpc) is 2.80. The van der Waals surface area contributed by atoms with E-state index in [1.54, 1.807) is 12.1 Å². The number of hydrogen-bond donors (Lipinski definition) is 0. The van der Waals surface area contributed by atoms with Crippen LogP contribution >= 0.6 is 23.2 Å². The molecule has 19 heavy (non-hydrogen) atoms. The molecule has 0 radical (unpaired) electrons. The molecule has 2 aromatic rings. The highest BCUT2D eigenvalue weighted by Crippen LogP contribution is 2.23. The van der Waals surface area contributed by atoms with Crippen molar-refractivity contribution in [1.82, 2.24) is 14.8 Å². The summed E-state index contributed by atoms with van der Waals surface area (Å²) in [5.74, 6) is -0.190. The zero-order chi connectivity index (χ0) is 14.0. The van der Waals surface area contributed by atoms with Crippen LogP contribution in [0.25, 0.3) is 0 Å². The van der Waals surface area contributed by atoms with Crippen molar-refractivity contribution in [3.8, 4) is 0 Å². The number of ketones is 1. The first-order valence-electron chi connectivity index (χ1n) is 5.18. The van der Waals surface area contributed by atoms with E-state index in [0.29, 0.717) is 15.6 Å². The van der Waals surface area contributed by atoms with Crippen molar-refractivity contribution in [2.75, 3.05) is 6.26 Å². The van der Waals surface area contributed by atoms with Crippen LogP contribution < -0.4 is 0 Å². The van der Waals surface area contributed by atoms with Crippen LogP contribution in [0.2, 0.25) is 10.0 Å². The van der Waals surface area contributed by atoms with E-state index < -0.39 is 10.8 Å². The first kappa shape index (κ1) is 14.2. The van der Waals surface area contributed by atoms with Gasteiger partial charge in [0.05, 0.1) is 27.4 Å². The number of carbonyl (C=O) groups is 1. The maximum atomic E-state index is 12.1. The highest BCUT2D eigenvalue weighted by molar-refractivity contribution is 7.84. The molecule has 0 saturated carbocycles. The van der Waals surface area contributed by atoms with E-state index in [1.165, 1.54) is 23.2 Å². The van der Waals surface area contributed by atoms with Crippen molar-refractivity contribution in [3.05, 3.63) is 40.1 Å². The van der Waals surface area contributed by atoms with Crippen LogP contribution in [0, 0.1) is 0 Å². The third-order valence-electron chi connectivity index (χ3n) is 2.39. The van der Waals surface area contributed by atoms with Crippen LogP contribution in [-0.2, 0) is 17.3 Å². The molecule has 0 aliphatic rings. The Hall–Kier alpha value is -1.24. The van der Waals surface area contributed by atoms with E-state index in [9.17, 15) is 9.00 Å². The number of benzene rings is 1. The van der Waals surface area contributed by atoms with Crippen molar-refractivity contribution in [2.24, 2.45) is 0 Å². The topological polar surface area (TPSA) is 64.8 Å². The summed E-state index contributed by atoms with van der Waals surface area (Å²) in [6.07, 6.45) is 2.84. The summed E-state index contributed by atoms with van der Waals surface area (Å²) in [6, 6.07) is 4.64. The second-order valence-electron chi connectivity index (χ2n) is 3.75. The third-order valence-corrected chi connectivity index (χ3v) is 3.96. The highest BCUT2D eigenvalue weighted by atomic mass is 35.5. The Morgan fingerprint density at radius 1 is 1.37 bits per heavy atom. The fraction of sp³-hybridized carbons (Fsp3) is 0.182. The Balaban J connectivity index is 2.23. The van der Waals surface area contributed by atoms with Crippen LogP contribution in [0.4, 0.5) is 0 Å². The summed E-state index contributed by atoms with van der Waals surface area (Å²) in [6.45, 7) is -0.000124. The Bertz CT molecular complexity index is 657. The lowest BCUT2D eigenvalue weighted by molar-refractivity contribution is 0.0969. The molecule has 0 aliphatic heterocycles. The van der Waals surface area contributed by atoms with Gasteiger partial charge in [-0.25, -0.2) is 0 Å². The molecular formula is C11H9Cl2N3O2S. The molecule has 0 N–H and O–H groups in total. The smallest absolute Gasteiger partial charge is 0.221 e. The van der Waals surface area contributed by atoms with Gasteiger partial charge in [-0.1, -0.05) is 23.2 Å². The van der Waals surface area contributed by atoms with Crippen molar-refractivity contribution in [2.45, 2.75) is 11.7 Å². The Kier molecular flexibility index (Phi) is 4.34. The molecule has 8 heteroatoms. The fourth-order valence-corrected chi connectivity index (χ4v) is 2.39. The van der Waals surface area contributed by atoms with Gasteiger partial charge in [-0.05, 0) is 18.2 Å². The summed E-state index contributed by atoms with van der Waals surface area (Å²) >= 11 is 11.6. The molecule has 0 aliphatic carbocycles. The summed E-state index contributed by atoms with van der Waals surface area (Å²) in [5, 5.41) is 8.31. The molecule has 2 rings (SSSR count). The van der Waals surface area contributed by atoms with Gasteiger partial charge in [0, 0.05) is 11.8 Å².